The highest BCUT2D eigenvalue weighted by molar-refractivity contribution is 8.60. The Morgan fingerprint density at radius 2 is 2.67 bits per heavy atom. The van der Waals surface area contributed by atoms with Gasteiger partial charge in [-0.25, -0.2) is 0 Å². The average molecular weight is 158 g/mol. The Morgan fingerprint density at radius 1 is 2.00 bits per heavy atom. The minimum Gasteiger partial charge on any atom is -0.312 e. The predicted molar refractivity (Wildman–Crippen MR) is 42.9 cm³/mol. The number of terminal acetylenes is 1. The van der Waals surface area contributed by atoms with Crippen molar-refractivity contribution in [2.24, 2.45) is 0 Å². The lowest BCUT2D eigenvalue weighted by Gasteiger charge is -1.98. The van der Waals surface area contributed by atoms with Crippen LogP contribution in [0.5, 0.6) is 0 Å². The summed E-state index contributed by atoms with van der Waals surface area (Å²) in [5, 5.41) is 0. The van der Waals surface area contributed by atoms with E-state index in [-0.39, 0.29) is 0 Å². The zero-order chi connectivity index (χ0) is 6.91. The third-order valence-corrected chi connectivity index (χ3v) is 4.95. The van der Waals surface area contributed by atoms with Gasteiger partial charge in [-0.3, -0.25) is 0 Å². The third-order valence-electron chi connectivity index (χ3n) is 1.04. The third kappa shape index (κ3) is 1.64. The van der Waals surface area contributed by atoms with Crippen molar-refractivity contribution in [2.45, 2.75) is 0 Å². The van der Waals surface area contributed by atoms with E-state index in [2.05, 4.69) is 5.92 Å². The molecule has 1 unspecified atom stereocenters. The molecule has 0 fully saturated rings. The first-order valence-corrected chi connectivity index (χ1v) is 6.33. The first-order valence-electron chi connectivity index (χ1n) is 2.57. The van der Waals surface area contributed by atoms with Gasteiger partial charge in [0.15, 0.2) is 0 Å². The molecule has 0 saturated heterocycles. The standard InChI is InChI=1S/C6H7OPS/c1-3-6-4-5-8(2,7)9-6/h1,4H,5H2,2H3. The van der Waals surface area contributed by atoms with Crippen molar-refractivity contribution in [3.8, 4) is 12.3 Å². The van der Waals surface area contributed by atoms with Crippen LogP contribution in [-0.2, 0) is 4.57 Å². The first kappa shape index (κ1) is 6.99. The summed E-state index contributed by atoms with van der Waals surface area (Å²) < 4.78 is 11.2. The van der Waals surface area contributed by atoms with Gasteiger partial charge in [0.1, 0.15) is 6.34 Å². The first-order chi connectivity index (χ1) is 4.14. The van der Waals surface area contributed by atoms with Crippen LogP contribution in [0, 0.1) is 12.3 Å². The fourth-order valence-electron chi connectivity index (χ4n) is 0.617. The maximum absolute atomic E-state index is 11.2. The second-order valence-electron chi connectivity index (χ2n) is 2.00. The molecule has 0 saturated carbocycles. The summed E-state index contributed by atoms with van der Waals surface area (Å²) in [5.74, 6) is 2.47. The topological polar surface area (TPSA) is 17.1 Å². The van der Waals surface area contributed by atoms with Crippen LogP contribution < -0.4 is 0 Å². The minimum absolute atomic E-state index is 0.664. The molecule has 1 aliphatic heterocycles. The molecule has 0 aromatic heterocycles. The molecule has 9 heavy (non-hydrogen) atoms. The summed E-state index contributed by atoms with van der Waals surface area (Å²) in [6, 6.07) is 0. The van der Waals surface area contributed by atoms with E-state index in [1.165, 1.54) is 11.4 Å². The molecule has 1 rings (SSSR count). The van der Waals surface area contributed by atoms with Crippen molar-refractivity contribution < 1.29 is 4.57 Å². The maximum Gasteiger partial charge on any atom is 0.145 e. The fraction of sp³-hybridized carbons (Fsp3) is 0.333. The summed E-state index contributed by atoms with van der Waals surface area (Å²) in [6.07, 6.45) is 5.69. The molecular weight excluding hydrogens is 151 g/mol. The van der Waals surface area contributed by atoms with Crippen LogP contribution in [-0.4, -0.2) is 12.8 Å². The van der Waals surface area contributed by atoms with Crippen molar-refractivity contribution in [1.82, 2.24) is 0 Å². The largest absolute Gasteiger partial charge is 0.312 e. The molecule has 0 radical (unpaired) electrons. The quantitative estimate of drug-likeness (QED) is 0.397. The fourth-order valence-corrected chi connectivity index (χ4v) is 4.03. The monoisotopic (exact) mass is 158 g/mol. The second kappa shape index (κ2) is 2.25. The Balaban J connectivity index is 2.74. The molecule has 1 aliphatic rings. The molecule has 0 bridgehead atoms. The van der Waals surface area contributed by atoms with Crippen molar-refractivity contribution in [1.29, 1.82) is 0 Å². The van der Waals surface area contributed by atoms with Gasteiger partial charge in [0.2, 0.25) is 0 Å². The Hall–Kier alpha value is -0.120. The van der Waals surface area contributed by atoms with E-state index in [0.717, 1.165) is 4.91 Å². The zero-order valence-electron chi connectivity index (χ0n) is 5.13. The summed E-state index contributed by atoms with van der Waals surface area (Å²) in [7, 11) is 0. The Bertz CT molecular complexity index is 236. The molecule has 1 nitrogen and oxygen atoms in total. The SMILES string of the molecule is C#CC1=CCP(C)(=O)S1. The van der Waals surface area contributed by atoms with Gasteiger partial charge in [-0.15, -0.1) is 6.42 Å². The Morgan fingerprint density at radius 3 is 2.89 bits per heavy atom. The van der Waals surface area contributed by atoms with Crippen molar-refractivity contribution in [2.75, 3.05) is 12.8 Å². The number of allylic oxidation sites excluding steroid dienone is 2. The van der Waals surface area contributed by atoms with Crippen molar-refractivity contribution in [3.05, 3.63) is 11.0 Å². The normalized spacial score (nSPS) is 33.6. The van der Waals surface area contributed by atoms with Gasteiger partial charge >= 0.3 is 0 Å². The van der Waals surface area contributed by atoms with Gasteiger partial charge in [-0.1, -0.05) is 23.4 Å². The maximum atomic E-state index is 11.2. The van der Waals surface area contributed by atoms with E-state index in [4.69, 9.17) is 6.42 Å². The average Bonchev–Trinajstić information content (AvgIpc) is 2.10. The van der Waals surface area contributed by atoms with Gasteiger partial charge in [0.05, 0.1) is 4.91 Å². The van der Waals surface area contributed by atoms with E-state index in [9.17, 15) is 4.57 Å². The van der Waals surface area contributed by atoms with Crippen LogP contribution in [0.25, 0.3) is 0 Å². The van der Waals surface area contributed by atoms with E-state index >= 15 is 0 Å². The molecule has 3 heteroatoms. The lowest BCUT2D eigenvalue weighted by atomic mass is 10.5. The molecular formula is C6H7OPS. The van der Waals surface area contributed by atoms with E-state index in [1.807, 2.05) is 6.08 Å². The Labute approximate surface area is 59.0 Å². The van der Waals surface area contributed by atoms with Gasteiger partial charge in [0.25, 0.3) is 0 Å². The molecule has 0 aromatic carbocycles. The highest BCUT2D eigenvalue weighted by Gasteiger charge is 2.22. The van der Waals surface area contributed by atoms with Crippen LogP contribution in [0.1, 0.15) is 0 Å². The summed E-state index contributed by atoms with van der Waals surface area (Å²) in [4.78, 5) is 0.834. The van der Waals surface area contributed by atoms with Crippen molar-refractivity contribution >= 4 is 17.7 Å². The van der Waals surface area contributed by atoms with E-state index in [1.54, 1.807) is 6.66 Å². The minimum atomic E-state index is -1.93. The van der Waals surface area contributed by atoms with Crippen LogP contribution >= 0.6 is 17.7 Å². The smallest absolute Gasteiger partial charge is 0.145 e. The number of rotatable bonds is 0. The van der Waals surface area contributed by atoms with E-state index in [0.29, 0.717) is 6.16 Å². The molecule has 0 N–H and O–H groups in total. The van der Waals surface area contributed by atoms with Crippen LogP contribution in [0.4, 0.5) is 0 Å². The lowest BCUT2D eigenvalue weighted by Crippen LogP contribution is -1.67. The summed E-state index contributed by atoms with van der Waals surface area (Å²) in [6.45, 7) is 1.76. The van der Waals surface area contributed by atoms with E-state index < -0.39 is 6.34 Å². The number of hydrogen-bond donors (Lipinski definition) is 0. The molecule has 0 spiro atoms. The molecule has 0 aliphatic carbocycles. The molecule has 1 heterocycles. The van der Waals surface area contributed by atoms with Crippen LogP contribution in [0.3, 0.4) is 0 Å². The predicted octanol–water partition coefficient (Wildman–Crippen LogP) is 2.16. The lowest BCUT2D eigenvalue weighted by molar-refractivity contribution is 0.590. The van der Waals surface area contributed by atoms with Gasteiger partial charge < -0.3 is 4.57 Å². The van der Waals surface area contributed by atoms with Gasteiger partial charge in [-0.2, -0.15) is 0 Å². The summed E-state index contributed by atoms with van der Waals surface area (Å²) >= 11 is 1.35. The molecule has 1 atom stereocenters. The molecule has 0 amide bonds. The highest BCUT2D eigenvalue weighted by Crippen LogP contribution is 2.62. The molecule has 48 valence electrons. The van der Waals surface area contributed by atoms with Gasteiger partial charge in [-0.05, 0) is 6.66 Å². The van der Waals surface area contributed by atoms with Gasteiger partial charge in [0, 0.05) is 6.16 Å². The highest BCUT2D eigenvalue weighted by atomic mass is 32.7. The summed E-state index contributed by atoms with van der Waals surface area (Å²) in [5.41, 5.74) is 0. The molecule has 0 aromatic rings. The second-order valence-corrected chi connectivity index (χ2v) is 7.88. The zero-order valence-corrected chi connectivity index (χ0v) is 6.84. The van der Waals surface area contributed by atoms with Crippen LogP contribution in [0.15, 0.2) is 11.0 Å². The number of hydrogen-bond acceptors (Lipinski definition) is 2. The van der Waals surface area contributed by atoms with Crippen LogP contribution in [0.2, 0.25) is 0 Å². The van der Waals surface area contributed by atoms with Crippen molar-refractivity contribution in [3.63, 3.8) is 0 Å². The Kier molecular flexibility index (Phi) is 1.75.